The Morgan fingerprint density at radius 1 is 1.33 bits per heavy atom. The Morgan fingerprint density at radius 3 is 2.48 bits per heavy atom. The number of H-pyrrole nitrogens is 1. The fourth-order valence-electron chi connectivity index (χ4n) is 2.97. The Hall–Kier alpha value is -0.850. The van der Waals surface area contributed by atoms with Gasteiger partial charge >= 0.3 is 0 Å². The zero-order chi connectivity index (χ0) is 15.7. The molecule has 6 heteroatoms. The van der Waals surface area contributed by atoms with Gasteiger partial charge in [0.1, 0.15) is 0 Å². The molecule has 0 unspecified atom stereocenters. The number of nitrogens with one attached hydrogen (secondary N) is 2. The van der Waals surface area contributed by atoms with Crippen molar-refractivity contribution in [3.05, 3.63) is 18.0 Å². The molecule has 1 aliphatic rings. The Labute approximate surface area is 128 Å². The highest BCUT2D eigenvalue weighted by atomic mass is 32.2. The summed E-state index contributed by atoms with van der Waals surface area (Å²) in [5.74, 6) is 0.593. The van der Waals surface area contributed by atoms with E-state index >= 15 is 0 Å². The minimum absolute atomic E-state index is 0.254. The Kier molecular flexibility index (Phi) is 4.80. The fraction of sp³-hybridized carbons (Fsp3) is 0.733. The first kappa shape index (κ1) is 16.5. The van der Waals surface area contributed by atoms with E-state index in [9.17, 15) is 8.42 Å². The predicted octanol–water partition coefficient (Wildman–Crippen LogP) is 2.18. The van der Waals surface area contributed by atoms with Crippen LogP contribution in [0.4, 0.5) is 0 Å². The molecule has 1 aromatic rings. The first-order valence-corrected chi connectivity index (χ1v) is 9.01. The van der Waals surface area contributed by atoms with E-state index in [1.165, 1.54) is 0 Å². The van der Waals surface area contributed by atoms with Crippen molar-refractivity contribution >= 4 is 10.0 Å². The van der Waals surface area contributed by atoms with Gasteiger partial charge in [0.05, 0.1) is 4.90 Å². The Balaban J connectivity index is 2.07. The van der Waals surface area contributed by atoms with Gasteiger partial charge in [-0.15, -0.1) is 0 Å². The highest BCUT2D eigenvalue weighted by Gasteiger charge is 2.34. The lowest BCUT2D eigenvalue weighted by Crippen LogP contribution is -2.41. The van der Waals surface area contributed by atoms with Crippen molar-refractivity contribution in [1.82, 2.24) is 14.6 Å². The minimum atomic E-state index is -3.35. The highest BCUT2D eigenvalue weighted by Crippen LogP contribution is 2.35. The van der Waals surface area contributed by atoms with Crippen LogP contribution in [0.1, 0.15) is 39.3 Å². The monoisotopic (exact) mass is 313 g/mol. The normalized spacial score (nSPS) is 19.0. The molecule has 0 aromatic carbocycles. The number of hydrogen-bond acceptors (Lipinski definition) is 3. The molecule has 1 fully saturated rings. The van der Waals surface area contributed by atoms with Gasteiger partial charge in [-0.2, -0.15) is 4.31 Å². The summed E-state index contributed by atoms with van der Waals surface area (Å²) >= 11 is 0. The average Bonchev–Trinajstić information content (AvgIpc) is 2.88. The molecule has 0 aliphatic carbocycles. The summed E-state index contributed by atoms with van der Waals surface area (Å²) in [6.07, 6.45) is 3.48. The summed E-state index contributed by atoms with van der Waals surface area (Å²) < 4.78 is 26.9. The standard InChI is InChI=1S/C15H27N3O2S/c1-15(2,3)12-5-7-18(8-6-12)21(19,20)14-9-13(10-16-4)17-11-14/h9,11-12,16-17H,5-8,10H2,1-4H3. The fourth-order valence-corrected chi connectivity index (χ4v) is 4.46. The van der Waals surface area contributed by atoms with Gasteiger partial charge in [-0.3, -0.25) is 0 Å². The molecule has 21 heavy (non-hydrogen) atoms. The van der Waals surface area contributed by atoms with Crippen molar-refractivity contribution in [1.29, 1.82) is 0 Å². The largest absolute Gasteiger partial charge is 0.363 e. The van der Waals surface area contributed by atoms with Crippen LogP contribution in [0.3, 0.4) is 0 Å². The zero-order valence-electron chi connectivity index (χ0n) is 13.4. The first-order chi connectivity index (χ1) is 9.75. The van der Waals surface area contributed by atoms with Crippen molar-refractivity contribution < 1.29 is 8.42 Å². The van der Waals surface area contributed by atoms with E-state index in [0.29, 0.717) is 30.4 Å². The van der Waals surface area contributed by atoms with E-state index in [4.69, 9.17) is 0 Å². The van der Waals surface area contributed by atoms with Gasteiger partial charge in [0, 0.05) is 31.5 Å². The van der Waals surface area contributed by atoms with Crippen LogP contribution in [0.2, 0.25) is 0 Å². The van der Waals surface area contributed by atoms with Crippen molar-refractivity contribution in [2.24, 2.45) is 11.3 Å². The van der Waals surface area contributed by atoms with Crippen LogP contribution >= 0.6 is 0 Å². The lowest BCUT2D eigenvalue weighted by molar-refractivity contribution is 0.154. The van der Waals surface area contributed by atoms with Gasteiger partial charge < -0.3 is 10.3 Å². The second-order valence-corrected chi connectivity index (χ2v) is 8.87. The molecule has 0 saturated carbocycles. The van der Waals surface area contributed by atoms with Gasteiger partial charge in [0.25, 0.3) is 0 Å². The quantitative estimate of drug-likeness (QED) is 0.895. The summed E-state index contributed by atoms with van der Waals surface area (Å²) in [5, 5.41) is 3.01. The number of sulfonamides is 1. The molecule has 0 bridgehead atoms. The van der Waals surface area contributed by atoms with E-state index in [1.807, 2.05) is 7.05 Å². The van der Waals surface area contributed by atoms with Crippen molar-refractivity contribution in [3.63, 3.8) is 0 Å². The van der Waals surface area contributed by atoms with Gasteiger partial charge in [-0.25, -0.2) is 8.42 Å². The molecular formula is C15H27N3O2S. The lowest BCUT2D eigenvalue weighted by atomic mass is 9.76. The molecule has 0 spiro atoms. The van der Waals surface area contributed by atoms with E-state index in [2.05, 4.69) is 31.1 Å². The van der Waals surface area contributed by atoms with Gasteiger partial charge in [-0.1, -0.05) is 20.8 Å². The average molecular weight is 313 g/mol. The molecular weight excluding hydrogens is 286 g/mol. The van der Waals surface area contributed by atoms with Crippen molar-refractivity contribution in [2.75, 3.05) is 20.1 Å². The van der Waals surface area contributed by atoms with Crippen molar-refractivity contribution in [2.45, 2.75) is 45.1 Å². The molecule has 2 N–H and O–H groups in total. The predicted molar refractivity (Wildman–Crippen MR) is 84.5 cm³/mol. The van der Waals surface area contributed by atoms with Crippen LogP contribution in [-0.4, -0.2) is 37.8 Å². The van der Waals surface area contributed by atoms with Crippen LogP contribution in [0, 0.1) is 11.3 Å². The molecule has 1 aromatic heterocycles. The molecule has 0 radical (unpaired) electrons. The van der Waals surface area contributed by atoms with Gasteiger partial charge in [0.2, 0.25) is 10.0 Å². The maximum atomic E-state index is 12.6. The summed E-state index contributed by atoms with van der Waals surface area (Å²) in [6, 6.07) is 1.72. The van der Waals surface area contributed by atoms with E-state index in [0.717, 1.165) is 18.5 Å². The third kappa shape index (κ3) is 3.67. The van der Waals surface area contributed by atoms with Gasteiger partial charge in [0.15, 0.2) is 0 Å². The molecule has 2 rings (SSSR count). The summed E-state index contributed by atoms with van der Waals surface area (Å²) in [6.45, 7) is 8.59. The third-order valence-corrected chi connectivity index (χ3v) is 6.28. The zero-order valence-corrected chi connectivity index (χ0v) is 14.3. The van der Waals surface area contributed by atoms with Gasteiger partial charge in [-0.05, 0) is 37.3 Å². The van der Waals surface area contributed by atoms with E-state index < -0.39 is 10.0 Å². The second kappa shape index (κ2) is 6.10. The summed E-state index contributed by atoms with van der Waals surface area (Å²) in [5.41, 5.74) is 1.14. The van der Waals surface area contributed by atoms with Crippen LogP contribution in [-0.2, 0) is 16.6 Å². The number of aromatic amines is 1. The molecule has 0 amide bonds. The summed E-state index contributed by atoms with van der Waals surface area (Å²) in [4.78, 5) is 3.39. The maximum Gasteiger partial charge on any atom is 0.244 e. The number of nitrogens with zero attached hydrogens (tertiary/aromatic N) is 1. The topological polar surface area (TPSA) is 65.2 Å². The number of rotatable bonds is 4. The van der Waals surface area contributed by atoms with Crippen LogP contribution in [0.25, 0.3) is 0 Å². The molecule has 120 valence electrons. The molecule has 2 heterocycles. The molecule has 5 nitrogen and oxygen atoms in total. The van der Waals surface area contributed by atoms with Crippen molar-refractivity contribution in [3.8, 4) is 0 Å². The molecule has 1 aliphatic heterocycles. The summed E-state index contributed by atoms with van der Waals surface area (Å²) in [7, 11) is -1.51. The van der Waals surface area contributed by atoms with Crippen LogP contribution in [0.5, 0.6) is 0 Å². The number of aromatic nitrogens is 1. The van der Waals surface area contributed by atoms with Crippen LogP contribution < -0.4 is 5.32 Å². The van der Waals surface area contributed by atoms with E-state index in [1.54, 1.807) is 16.6 Å². The molecule has 0 atom stereocenters. The Bertz CT molecular complexity index is 564. The Morgan fingerprint density at radius 2 is 1.95 bits per heavy atom. The minimum Gasteiger partial charge on any atom is -0.363 e. The number of hydrogen-bond donors (Lipinski definition) is 2. The molecule has 1 saturated heterocycles. The van der Waals surface area contributed by atoms with Crippen LogP contribution in [0.15, 0.2) is 17.2 Å². The third-order valence-electron chi connectivity index (χ3n) is 4.40. The first-order valence-electron chi connectivity index (χ1n) is 7.57. The maximum absolute atomic E-state index is 12.6. The smallest absolute Gasteiger partial charge is 0.244 e. The highest BCUT2D eigenvalue weighted by molar-refractivity contribution is 7.89. The lowest BCUT2D eigenvalue weighted by Gasteiger charge is -2.38. The van der Waals surface area contributed by atoms with E-state index in [-0.39, 0.29) is 5.41 Å². The number of piperidine rings is 1. The SMILES string of the molecule is CNCc1cc(S(=O)(=O)N2CCC(C(C)(C)C)CC2)c[nH]1. The second-order valence-electron chi connectivity index (χ2n) is 6.94.